The van der Waals surface area contributed by atoms with Crippen molar-refractivity contribution in [2.24, 2.45) is 0 Å². The van der Waals surface area contributed by atoms with Crippen LogP contribution in [0.3, 0.4) is 0 Å². The molecule has 0 aliphatic rings. The molecule has 2 aromatic heterocycles. The van der Waals surface area contributed by atoms with E-state index in [1.807, 2.05) is 72.1 Å². The number of nitrogens with zero attached hydrogens (tertiary/aromatic N) is 2. The maximum absolute atomic E-state index is 13.0. The van der Waals surface area contributed by atoms with E-state index in [1.165, 1.54) is 23.1 Å². The highest BCUT2D eigenvalue weighted by Crippen LogP contribution is 2.21. The van der Waals surface area contributed by atoms with E-state index in [-0.39, 0.29) is 17.2 Å². The summed E-state index contributed by atoms with van der Waals surface area (Å²) in [4.78, 5) is 29.9. The predicted octanol–water partition coefficient (Wildman–Crippen LogP) is 3.91. The molecule has 0 fully saturated rings. The zero-order valence-corrected chi connectivity index (χ0v) is 17.2. The Bertz CT molecular complexity index is 1170. The monoisotopic (exact) mass is 421 g/mol. The summed E-state index contributed by atoms with van der Waals surface area (Å²) in [5, 5.41) is 5.34. The molecule has 0 aliphatic heterocycles. The Balaban J connectivity index is 1.52. The van der Waals surface area contributed by atoms with Crippen LogP contribution < -0.4 is 10.9 Å². The van der Waals surface area contributed by atoms with E-state index in [4.69, 9.17) is 0 Å². The molecule has 0 atom stereocenters. The number of carbonyl (C=O) groups is 1. The normalized spacial score (nSPS) is 10.9. The number of rotatable bonds is 7. The molecule has 4 aromatic rings. The Morgan fingerprint density at radius 3 is 2.41 bits per heavy atom. The van der Waals surface area contributed by atoms with Crippen LogP contribution >= 0.6 is 23.1 Å². The van der Waals surface area contributed by atoms with Crippen LogP contribution in [0.2, 0.25) is 0 Å². The third-order valence-electron chi connectivity index (χ3n) is 4.38. The van der Waals surface area contributed by atoms with Gasteiger partial charge in [-0.1, -0.05) is 72.4 Å². The van der Waals surface area contributed by atoms with Gasteiger partial charge in [0, 0.05) is 6.54 Å². The fourth-order valence-electron chi connectivity index (χ4n) is 2.92. The Labute approximate surface area is 176 Å². The van der Waals surface area contributed by atoms with Gasteiger partial charge >= 0.3 is 0 Å². The zero-order chi connectivity index (χ0) is 20.1. The maximum atomic E-state index is 13.0. The molecule has 2 heterocycles. The van der Waals surface area contributed by atoms with E-state index in [2.05, 4.69) is 10.3 Å². The first-order chi connectivity index (χ1) is 14.2. The molecule has 4 rings (SSSR count). The summed E-state index contributed by atoms with van der Waals surface area (Å²) in [6.07, 6.45) is 0. The second-order valence-electron chi connectivity index (χ2n) is 6.46. The molecular formula is C22H19N3O2S2. The van der Waals surface area contributed by atoms with Crippen molar-refractivity contribution in [3.8, 4) is 0 Å². The number of benzene rings is 2. The Morgan fingerprint density at radius 2 is 1.69 bits per heavy atom. The number of nitrogens with one attached hydrogen (secondary N) is 1. The first-order valence-corrected chi connectivity index (χ1v) is 11.0. The lowest BCUT2D eigenvalue weighted by Gasteiger charge is -2.12. The van der Waals surface area contributed by atoms with Crippen LogP contribution in [0.15, 0.2) is 82.1 Å². The van der Waals surface area contributed by atoms with Crippen molar-refractivity contribution in [2.75, 3.05) is 5.75 Å². The number of hydrogen-bond acceptors (Lipinski definition) is 5. The molecule has 0 aliphatic carbocycles. The molecule has 1 amide bonds. The minimum Gasteiger partial charge on any atom is -0.351 e. The average Bonchev–Trinajstić information content (AvgIpc) is 3.23. The smallest absolute Gasteiger partial charge is 0.272 e. The van der Waals surface area contributed by atoms with Gasteiger partial charge in [0.1, 0.15) is 4.70 Å². The van der Waals surface area contributed by atoms with Gasteiger partial charge in [-0.15, -0.1) is 11.3 Å². The fourth-order valence-corrected chi connectivity index (χ4v) is 4.52. The largest absolute Gasteiger partial charge is 0.351 e. The van der Waals surface area contributed by atoms with Crippen molar-refractivity contribution < 1.29 is 4.79 Å². The number of carbonyl (C=O) groups excluding carboxylic acids is 1. The third kappa shape index (κ3) is 4.75. The molecule has 0 bridgehead atoms. The lowest BCUT2D eigenvalue weighted by atomic mass is 10.2. The van der Waals surface area contributed by atoms with Crippen LogP contribution in [0, 0.1) is 0 Å². The molecule has 1 N–H and O–H groups in total. The summed E-state index contributed by atoms with van der Waals surface area (Å²) in [5.41, 5.74) is 2.67. The van der Waals surface area contributed by atoms with E-state index in [1.54, 1.807) is 4.57 Å². The van der Waals surface area contributed by atoms with Crippen LogP contribution in [-0.4, -0.2) is 21.2 Å². The number of thioether (sulfide) groups is 1. The van der Waals surface area contributed by atoms with Crippen molar-refractivity contribution in [3.63, 3.8) is 0 Å². The van der Waals surface area contributed by atoms with Gasteiger partial charge in [-0.2, -0.15) is 0 Å². The lowest BCUT2D eigenvalue weighted by Crippen LogP contribution is -2.26. The van der Waals surface area contributed by atoms with Crippen LogP contribution in [0.25, 0.3) is 10.2 Å². The summed E-state index contributed by atoms with van der Waals surface area (Å²) in [7, 11) is 0. The number of thiophene rings is 1. The minimum atomic E-state index is -0.0928. The van der Waals surface area contributed by atoms with Gasteiger partial charge < -0.3 is 5.32 Å². The van der Waals surface area contributed by atoms with Gasteiger partial charge in [0.25, 0.3) is 5.56 Å². The minimum absolute atomic E-state index is 0.0685. The van der Waals surface area contributed by atoms with E-state index in [0.29, 0.717) is 28.5 Å². The number of amides is 1. The molecule has 146 valence electrons. The maximum Gasteiger partial charge on any atom is 0.272 e. The first kappa shape index (κ1) is 19.4. The van der Waals surface area contributed by atoms with Gasteiger partial charge in [0.15, 0.2) is 5.16 Å². The van der Waals surface area contributed by atoms with Crippen molar-refractivity contribution in [1.29, 1.82) is 0 Å². The highest BCUT2D eigenvalue weighted by atomic mass is 32.2. The second kappa shape index (κ2) is 9.07. The van der Waals surface area contributed by atoms with Crippen LogP contribution in [0.1, 0.15) is 11.1 Å². The summed E-state index contributed by atoms with van der Waals surface area (Å²) < 4.78 is 2.29. The molecule has 7 heteroatoms. The topological polar surface area (TPSA) is 64.0 Å². The van der Waals surface area contributed by atoms with Gasteiger partial charge in [0.05, 0.1) is 17.8 Å². The quantitative estimate of drug-likeness (QED) is 0.363. The molecule has 0 saturated heterocycles. The highest BCUT2D eigenvalue weighted by molar-refractivity contribution is 7.99. The molecular weight excluding hydrogens is 402 g/mol. The molecule has 2 aromatic carbocycles. The molecule has 0 unspecified atom stereocenters. The Morgan fingerprint density at radius 1 is 1.00 bits per heavy atom. The summed E-state index contributed by atoms with van der Waals surface area (Å²) >= 11 is 2.68. The summed E-state index contributed by atoms with van der Waals surface area (Å²) in [6.45, 7) is 0.905. The average molecular weight is 422 g/mol. The van der Waals surface area contributed by atoms with Crippen LogP contribution in [-0.2, 0) is 17.9 Å². The molecule has 0 radical (unpaired) electrons. The van der Waals surface area contributed by atoms with Crippen LogP contribution in [0.5, 0.6) is 0 Å². The molecule has 0 spiro atoms. The Kier molecular flexibility index (Phi) is 6.07. The SMILES string of the molecule is O=C(CSc1nc2ccsc2c(=O)n1Cc1ccccc1)NCc1ccccc1. The summed E-state index contributed by atoms with van der Waals surface area (Å²) in [6, 6.07) is 21.4. The van der Waals surface area contributed by atoms with Gasteiger partial charge in [-0.05, 0) is 22.6 Å². The molecule has 29 heavy (non-hydrogen) atoms. The third-order valence-corrected chi connectivity index (χ3v) is 6.25. The number of hydrogen-bond donors (Lipinski definition) is 1. The van der Waals surface area contributed by atoms with Crippen molar-refractivity contribution >= 4 is 39.2 Å². The van der Waals surface area contributed by atoms with Gasteiger partial charge in [-0.3, -0.25) is 14.2 Å². The Hall–Kier alpha value is -2.90. The van der Waals surface area contributed by atoms with E-state index in [0.717, 1.165) is 11.1 Å². The standard InChI is InChI=1S/C22H19N3O2S2/c26-19(23-13-16-7-3-1-4-8-16)15-29-22-24-18-11-12-28-20(18)21(27)25(22)14-17-9-5-2-6-10-17/h1-12H,13-15H2,(H,23,26). The number of aromatic nitrogens is 2. The van der Waals surface area contributed by atoms with Gasteiger partial charge in [-0.25, -0.2) is 4.98 Å². The van der Waals surface area contributed by atoms with Gasteiger partial charge in [0.2, 0.25) is 5.91 Å². The van der Waals surface area contributed by atoms with Crippen molar-refractivity contribution in [2.45, 2.75) is 18.2 Å². The van der Waals surface area contributed by atoms with Crippen LogP contribution in [0.4, 0.5) is 0 Å². The van der Waals surface area contributed by atoms with Crippen molar-refractivity contribution in [1.82, 2.24) is 14.9 Å². The van der Waals surface area contributed by atoms with E-state index < -0.39 is 0 Å². The molecule has 5 nitrogen and oxygen atoms in total. The predicted molar refractivity (Wildman–Crippen MR) is 118 cm³/mol. The second-order valence-corrected chi connectivity index (χ2v) is 8.32. The van der Waals surface area contributed by atoms with E-state index >= 15 is 0 Å². The molecule has 0 saturated carbocycles. The fraction of sp³-hybridized carbons (Fsp3) is 0.136. The van der Waals surface area contributed by atoms with Crippen molar-refractivity contribution in [3.05, 3.63) is 93.6 Å². The lowest BCUT2D eigenvalue weighted by molar-refractivity contribution is -0.118. The van der Waals surface area contributed by atoms with E-state index in [9.17, 15) is 9.59 Å². The number of fused-ring (bicyclic) bond motifs is 1. The highest BCUT2D eigenvalue weighted by Gasteiger charge is 2.14. The first-order valence-electron chi connectivity index (χ1n) is 9.16. The summed E-state index contributed by atoms with van der Waals surface area (Å²) in [5.74, 6) is 0.105. The zero-order valence-electron chi connectivity index (χ0n) is 15.6.